The molecule has 0 bridgehead atoms. The minimum atomic E-state index is -0.104. The lowest BCUT2D eigenvalue weighted by atomic mass is 9.91. The third-order valence-electron chi connectivity index (χ3n) is 4.97. The monoisotopic (exact) mass is 354 g/mol. The summed E-state index contributed by atoms with van der Waals surface area (Å²) < 4.78 is 15.3. The van der Waals surface area contributed by atoms with Gasteiger partial charge < -0.3 is 4.90 Å². The van der Waals surface area contributed by atoms with Crippen molar-refractivity contribution >= 4 is 21.6 Å². The minimum absolute atomic E-state index is 0.104. The Labute approximate surface area is 135 Å². The van der Waals surface area contributed by atoms with E-state index >= 15 is 0 Å². The van der Waals surface area contributed by atoms with E-state index in [1.165, 1.54) is 25.8 Å². The lowest BCUT2D eigenvalue weighted by Gasteiger charge is -2.50. The van der Waals surface area contributed by atoms with Gasteiger partial charge in [0.25, 0.3) is 0 Å². The van der Waals surface area contributed by atoms with Gasteiger partial charge in [-0.3, -0.25) is 4.90 Å². The highest BCUT2D eigenvalue weighted by Gasteiger charge is 2.37. The number of rotatable bonds is 2. The van der Waals surface area contributed by atoms with Gasteiger partial charge in [0, 0.05) is 29.6 Å². The molecule has 0 N–H and O–H groups in total. The molecule has 2 heterocycles. The van der Waals surface area contributed by atoms with Gasteiger partial charge in [-0.25, -0.2) is 4.39 Å². The average molecular weight is 355 g/mol. The van der Waals surface area contributed by atoms with Gasteiger partial charge in [-0.05, 0) is 43.5 Å². The molecule has 3 rings (SSSR count). The van der Waals surface area contributed by atoms with Crippen LogP contribution < -0.4 is 4.90 Å². The Morgan fingerprint density at radius 2 is 2.05 bits per heavy atom. The Hall–Kier alpha value is -0.610. The molecule has 2 fully saturated rings. The van der Waals surface area contributed by atoms with Crippen LogP contribution in [0.25, 0.3) is 0 Å². The second-order valence-electron chi connectivity index (χ2n) is 6.70. The van der Waals surface area contributed by atoms with Crippen molar-refractivity contribution in [1.82, 2.24) is 4.90 Å². The lowest BCUT2D eigenvalue weighted by Crippen LogP contribution is -2.61. The van der Waals surface area contributed by atoms with Crippen LogP contribution in [0.5, 0.6) is 0 Å². The Balaban J connectivity index is 1.91. The predicted octanol–water partition coefficient (Wildman–Crippen LogP) is 4.29. The highest BCUT2D eigenvalue weighted by Crippen LogP contribution is 2.33. The molecule has 2 aliphatic heterocycles. The summed E-state index contributed by atoms with van der Waals surface area (Å²) in [7, 11) is 0. The molecular formula is C17H24BrFN2. The van der Waals surface area contributed by atoms with Crippen molar-refractivity contribution in [2.24, 2.45) is 5.92 Å². The summed E-state index contributed by atoms with van der Waals surface area (Å²) in [5, 5.41) is 0. The Morgan fingerprint density at radius 3 is 2.81 bits per heavy atom. The summed E-state index contributed by atoms with van der Waals surface area (Å²) in [6.45, 7) is 7.73. The first-order valence-corrected chi connectivity index (χ1v) is 8.81. The van der Waals surface area contributed by atoms with Crippen LogP contribution in [0.4, 0.5) is 10.1 Å². The fraction of sp³-hybridized carbons (Fsp3) is 0.647. The summed E-state index contributed by atoms with van der Waals surface area (Å²) in [6.07, 6.45) is 3.87. The molecule has 0 aromatic heterocycles. The predicted molar refractivity (Wildman–Crippen MR) is 89.3 cm³/mol. The fourth-order valence-electron chi connectivity index (χ4n) is 3.76. The zero-order chi connectivity index (χ0) is 15.0. The molecule has 0 spiro atoms. The van der Waals surface area contributed by atoms with Gasteiger partial charge >= 0.3 is 0 Å². The van der Waals surface area contributed by atoms with Crippen molar-refractivity contribution in [3.8, 4) is 0 Å². The molecule has 4 heteroatoms. The summed E-state index contributed by atoms with van der Waals surface area (Å²) in [5.41, 5.74) is 0.758. The molecule has 21 heavy (non-hydrogen) atoms. The highest BCUT2D eigenvalue weighted by atomic mass is 79.9. The minimum Gasteiger partial charge on any atom is -0.363 e. The number of hydrogen-bond donors (Lipinski definition) is 0. The number of halogens is 2. The van der Waals surface area contributed by atoms with E-state index in [1.54, 1.807) is 12.1 Å². The van der Waals surface area contributed by atoms with E-state index in [0.717, 1.165) is 23.2 Å². The molecule has 1 aromatic rings. The smallest absolute Gasteiger partial charge is 0.146 e. The molecule has 2 nitrogen and oxygen atoms in total. The van der Waals surface area contributed by atoms with Crippen molar-refractivity contribution in [3.05, 3.63) is 28.5 Å². The maximum atomic E-state index is 14.3. The third-order valence-corrected chi connectivity index (χ3v) is 5.46. The first kappa shape index (κ1) is 15.3. The van der Waals surface area contributed by atoms with Gasteiger partial charge in [-0.1, -0.05) is 36.2 Å². The van der Waals surface area contributed by atoms with Crippen LogP contribution >= 0.6 is 15.9 Å². The maximum absolute atomic E-state index is 14.3. The molecule has 0 radical (unpaired) electrons. The van der Waals surface area contributed by atoms with Gasteiger partial charge in [0.1, 0.15) is 5.82 Å². The zero-order valence-electron chi connectivity index (χ0n) is 12.9. The summed E-state index contributed by atoms with van der Waals surface area (Å²) in [6, 6.07) is 6.27. The third kappa shape index (κ3) is 3.11. The van der Waals surface area contributed by atoms with E-state index in [0.29, 0.717) is 18.0 Å². The molecule has 0 aliphatic carbocycles. The van der Waals surface area contributed by atoms with Crippen LogP contribution in [0.1, 0.15) is 33.1 Å². The molecule has 1 aromatic carbocycles. The molecule has 2 saturated heterocycles. The van der Waals surface area contributed by atoms with Crippen LogP contribution in [0.3, 0.4) is 0 Å². The molecule has 0 amide bonds. The quantitative estimate of drug-likeness (QED) is 0.781. The second kappa shape index (κ2) is 6.25. The maximum Gasteiger partial charge on any atom is 0.146 e. The van der Waals surface area contributed by atoms with Gasteiger partial charge in [-0.15, -0.1) is 0 Å². The topological polar surface area (TPSA) is 6.48 Å². The Bertz CT molecular complexity index is 506. The number of piperidine rings is 1. The van der Waals surface area contributed by atoms with Crippen LogP contribution in [-0.2, 0) is 0 Å². The van der Waals surface area contributed by atoms with Gasteiger partial charge in [0.05, 0.1) is 5.69 Å². The van der Waals surface area contributed by atoms with Crippen molar-refractivity contribution in [2.75, 3.05) is 24.5 Å². The zero-order valence-corrected chi connectivity index (χ0v) is 14.4. The van der Waals surface area contributed by atoms with E-state index < -0.39 is 0 Å². The van der Waals surface area contributed by atoms with Crippen LogP contribution in [0, 0.1) is 11.7 Å². The van der Waals surface area contributed by atoms with Gasteiger partial charge in [0.15, 0.2) is 0 Å². The highest BCUT2D eigenvalue weighted by molar-refractivity contribution is 9.10. The molecular weight excluding hydrogens is 331 g/mol. The SMILES string of the molecule is CC(C)C1CN2CCCCC2CN1c1cc(Br)ccc1F. The molecule has 2 aliphatic rings. The van der Waals surface area contributed by atoms with Gasteiger partial charge in [0.2, 0.25) is 0 Å². The van der Waals surface area contributed by atoms with Crippen molar-refractivity contribution in [1.29, 1.82) is 0 Å². The number of piperazine rings is 1. The molecule has 116 valence electrons. The molecule has 0 saturated carbocycles. The summed E-state index contributed by atoms with van der Waals surface area (Å²) >= 11 is 3.49. The van der Waals surface area contributed by atoms with Crippen LogP contribution in [-0.4, -0.2) is 36.6 Å². The summed E-state index contributed by atoms with van der Waals surface area (Å²) in [5.74, 6) is 0.416. The van der Waals surface area contributed by atoms with E-state index in [4.69, 9.17) is 0 Å². The normalized spacial score (nSPS) is 27.0. The standard InChI is InChI=1S/C17H24BrFN2/c1-12(2)17-11-20-8-4-3-5-14(20)10-21(17)16-9-13(18)6-7-15(16)19/h6-7,9,12,14,17H,3-5,8,10-11H2,1-2H3. The van der Waals surface area contributed by atoms with E-state index in [9.17, 15) is 4.39 Å². The number of fused-ring (bicyclic) bond motifs is 1. The number of benzene rings is 1. The number of nitrogens with zero attached hydrogens (tertiary/aromatic N) is 2. The van der Waals surface area contributed by atoms with E-state index in [-0.39, 0.29) is 5.82 Å². The second-order valence-corrected chi connectivity index (χ2v) is 7.62. The van der Waals surface area contributed by atoms with Crippen molar-refractivity contribution in [2.45, 2.75) is 45.2 Å². The van der Waals surface area contributed by atoms with Crippen LogP contribution in [0.15, 0.2) is 22.7 Å². The fourth-order valence-corrected chi connectivity index (χ4v) is 4.11. The van der Waals surface area contributed by atoms with Crippen molar-refractivity contribution in [3.63, 3.8) is 0 Å². The molecule has 2 unspecified atom stereocenters. The lowest BCUT2D eigenvalue weighted by molar-refractivity contribution is 0.100. The van der Waals surface area contributed by atoms with Crippen molar-refractivity contribution < 1.29 is 4.39 Å². The van der Waals surface area contributed by atoms with E-state index in [2.05, 4.69) is 39.6 Å². The summed E-state index contributed by atoms with van der Waals surface area (Å²) in [4.78, 5) is 4.94. The Morgan fingerprint density at radius 1 is 1.24 bits per heavy atom. The average Bonchev–Trinajstić information content (AvgIpc) is 2.48. The Kier molecular flexibility index (Phi) is 4.55. The first-order valence-electron chi connectivity index (χ1n) is 8.02. The van der Waals surface area contributed by atoms with Crippen LogP contribution in [0.2, 0.25) is 0 Å². The van der Waals surface area contributed by atoms with E-state index in [1.807, 2.05) is 6.07 Å². The largest absolute Gasteiger partial charge is 0.363 e. The number of hydrogen-bond acceptors (Lipinski definition) is 2. The molecule has 2 atom stereocenters. The van der Waals surface area contributed by atoms with Gasteiger partial charge in [-0.2, -0.15) is 0 Å². The first-order chi connectivity index (χ1) is 10.1. The number of anilines is 1.